The Kier molecular flexibility index (Phi) is 10.8. The summed E-state index contributed by atoms with van der Waals surface area (Å²) in [7, 11) is -0.560. The molecule has 2 aromatic rings. The Morgan fingerprint density at radius 2 is 1.85 bits per heavy atom. The van der Waals surface area contributed by atoms with Crippen molar-refractivity contribution >= 4 is 39.1 Å². The van der Waals surface area contributed by atoms with Gasteiger partial charge in [-0.3, -0.25) is 9.59 Å². The minimum absolute atomic E-state index is 0.105. The zero-order valence-corrected chi connectivity index (χ0v) is 29.9. The maximum absolute atomic E-state index is 13.5. The lowest BCUT2D eigenvalue weighted by Crippen LogP contribution is -2.57. The molecule has 2 heterocycles. The van der Waals surface area contributed by atoms with Gasteiger partial charge in [0, 0.05) is 37.8 Å². The van der Waals surface area contributed by atoms with E-state index in [9.17, 15) is 23.1 Å². The maximum Gasteiger partial charge on any atom is 0.264 e. The molecule has 2 aliphatic heterocycles. The molecule has 2 aromatic carbocycles. The lowest BCUT2D eigenvalue weighted by atomic mass is 9.59. The molecule has 2 N–H and O–H groups in total. The summed E-state index contributed by atoms with van der Waals surface area (Å²) in [6.07, 6.45) is 5.84. The van der Waals surface area contributed by atoms with Gasteiger partial charge in [-0.2, -0.15) is 0 Å². The Morgan fingerprint density at radius 3 is 2.55 bits per heavy atom. The van der Waals surface area contributed by atoms with E-state index in [0.717, 1.165) is 43.2 Å². The third-order valence-electron chi connectivity index (χ3n) is 11.1. The predicted molar refractivity (Wildman–Crippen MR) is 185 cm³/mol. The molecular formula is C36H50ClN3O6S. The van der Waals surface area contributed by atoms with E-state index in [1.807, 2.05) is 32.0 Å². The second-order valence-corrected chi connectivity index (χ2v) is 16.7. The number of anilines is 1. The van der Waals surface area contributed by atoms with E-state index >= 15 is 0 Å². The number of aliphatic hydroxyl groups is 1. The smallest absolute Gasteiger partial charge is 0.264 e. The van der Waals surface area contributed by atoms with Crippen LogP contribution in [0.15, 0.2) is 36.4 Å². The summed E-state index contributed by atoms with van der Waals surface area (Å²) < 4.78 is 35.6. The first-order valence-corrected chi connectivity index (χ1v) is 18.9. The lowest BCUT2D eigenvalue weighted by Gasteiger charge is -2.51. The maximum atomic E-state index is 13.5. The molecule has 9 nitrogen and oxygen atoms in total. The molecule has 0 radical (unpaired) electrons. The summed E-state index contributed by atoms with van der Waals surface area (Å²) in [4.78, 5) is 30.6. The molecule has 3 aliphatic rings. The highest BCUT2D eigenvalue weighted by Gasteiger charge is 2.52. The van der Waals surface area contributed by atoms with Crippen molar-refractivity contribution in [3.05, 3.63) is 58.1 Å². The molecule has 0 spiro atoms. The molecule has 1 saturated carbocycles. The Balaban J connectivity index is 1.58. The van der Waals surface area contributed by atoms with Gasteiger partial charge in [0.15, 0.2) is 0 Å². The van der Waals surface area contributed by atoms with E-state index in [4.69, 9.17) is 16.3 Å². The number of hydrogen-bond donors (Lipinski definition) is 2. The molecule has 1 fully saturated rings. The van der Waals surface area contributed by atoms with Crippen molar-refractivity contribution in [3.63, 3.8) is 0 Å². The highest BCUT2D eigenvalue weighted by Crippen LogP contribution is 2.49. The largest absolute Gasteiger partial charge is 0.487 e. The van der Waals surface area contributed by atoms with E-state index in [1.54, 1.807) is 44.1 Å². The minimum Gasteiger partial charge on any atom is -0.487 e. The van der Waals surface area contributed by atoms with Crippen LogP contribution in [0.2, 0.25) is 5.02 Å². The molecule has 0 aromatic heterocycles. The average Bonchev–Trinajstić information content (AvgIpc) is 3.04. The second kappa shape index (κ2) is 14.3. The molecule has 1 aliphatic carbocycles. The molecular weight excluding hydrogens is 638 g/mol. The van der Waals surface area contributed by atoms with Gasteiger partial charge in [-0.05, 0) is 111 Å². The van der Waals surface area contributed by atoms with Crippen LogP contribution < -0.4 is 14.4 Å². The average molecular weight is 688 g/mol. The van der Waals surface area contributed by atoms with Crippen LogP contribution in [0, 0.1) is 23.7 Å². The second-order valence-electron chi connectivity index (χ2n) is 14.2. The molecule has 2 amide bonds. The molecule has 0 saturated heterocycles. The number of nitrogens with zero attached hydrogens (tertiary/aromatic N) is 2. The standard InChI is InChI=1S/C36H50ClN3O6S/c1-23-9-8-17-36(43,24(2)35(42)39(4)5)31-15-12-28(31)21-40-18-7-6-10-26-19-30(37)14-11-29(26)22-46-33-16-13-27(20-32(33)40)34(41)38-47(44,45)25(23)3/h11,13-14,16,19-20,23-25,28,31,43H,6-10,12,15,17-18,21-22H2,1-5H3,(H,38,41)/t23-,24+,25+,28-,31+,36+/m0/s1. The van der Waals surface area contributed by atoms with Crippen molar-refractivity contribution < 1.29 is 27.9 Å². The van der Waals surface area contributed by atoms with E-state index in [2.05, 4.69) is 9.62 Å². The van der Waals surface area contributed by atoms with Gasteiger partial charge in [0.1, 0.15) is 12.4 Å². The number of fused-ring (bicyclic) bond motifs is 3. The van der Waals surface area contributed by atoms with Crippen LogP contribution in [0.1, 0.15) is 87.2 Å². The third-order valence-corrected chi connectivity index (χ3v) is 13.2. The summed E-state index contributed by atoms with van der Waals surface area (Å²) in [5, 5.41) is 12.3. The molecule has 5 rings (SSSR count). The fraction of sp³-hybridized carbons (Fsp3) is 0.611. The number of sulfonamides is 1. The molecule has 2 bridgehead atoms. The first-order chi connectivity index (χ1) is 22.2. The summed E-state index contributed by atoms with van der Waals surface area (Å²) in [6.45, 7) is 6.91. The number of carbonyl (C=O) groups is 2. The van der Waals surface area contributed by atoms with Crippen molar-refractivity contribution in [1.29, 1.82) is 0 Å². The molecule has 6 atom stereocenters. The number of nitrogens with one attached hydrogen (secondary N) is 1. The number of amides is 2. The van der Waals surface area contributed by atoms with Gasteiger partial charge in [-0.25, -0.2) is 13.1 Å². The lowest BCUT2D eigenvalue weighted by molar-refractivity contribution is -0.159. The number of benzene rings is 2. The van der Waals surface area contributed by atoms with Crippen molar-refractivity contribution in [1.82, 2.24) is 9.62 Å². The minimum atomic E-state index is -3.99. The molecule has 258 valence electrons. The van der Waals surface area contributed by atoms with E-state index in [1.165, 1.54) is 0 Å². The number of carbonyl (C=O) groups excluding carboxylic acids is 2. The van der Waals surface area contributed by atoms with Gasteiger partial charge in [-0.15, -0.1) is 0 Å². The first-order valence-electron chi connectivity index (χ1n) is 17.0. The van der Waals surface area contributed by atoms with Crippen LogP contribution in [0.3, 0.4) is 0 Å². The Morgan fingerprint density at radius 1 is 1.09 bits per heavy atom. The van der Waals surface area contributed by atoms with Gasteiger partial charge < -0.3 is 19.6 Å². The molecule has 47 heavy (non-hydrogen) atoms. The summed E-state index contributed by atoms with van der Waals surface area (Å²) >= 11 is 6.34. The number of ether oxygens (including phenoxy) is 1. The fourth-order valence-electron chi connectivity index (χ4n) is 7.66. The quantitative estimate of drug-likeness (QED) is 0.409. The summed E-state index contributed by atoms with van der Waals surface area (Å²) in [5.41, 5.74) is 1.90. The van der Waals surface area contributed by atoms with Crippen molar-refractivity contribution in [2.75, 3.05) is 32.1 Å². The topological polar surface area (TPSA) is 116 Å². The number of rotatable bonds is 2. The Labute approximate surface area is 285 Å². The third kappa shape index (κ3) is 7.60. The van der Waals surface area contributed by atoms with E-state index in [-0.39, 0.29) is 29.2 Å². The van der Waals surface area contributed by atoms with Crippen LogP contribution in [0.4, 0.5) is 5.69 Å². The number of aryl methyl sites for hydroxylation is 1. The van der Waals surface area contributed by atoms with E-state index < -0.39 is 32.7 Å². The first kappa shape index (κ1) is 35.5. The summed E-state index contributed by atoms with van der Waals surface area (Å²) in [5.74, 6) is -1.06. The predicted octanol–water partition coefficient (Wildman–Crippen LogP) is 5.81. The van der Waals surface area contributed by atoms with Crippen molar-refractivity contribution in [2.24, 2.45) is 23.7 Å². The van der Waals surface area contributed by atoms with Crippen molar-refractivity contribution in [3.8, 4) is 5.75 Å². The van der Waals surface area contributed by atoms with Crippen LogP contribution in [0.25, 0.3) is 0 Å². The van der Waals surface area contributed by atoms with Crippen LogP contribution in [0.5, 0.6) is 5.75 Å². The van der Waals surface area contributed by atoms with E-state index in [0.29, 0.717) is 55.4 Å². The monoisotopic (exact) mass is 687 g/mol. The Bertz CT molecular complexity index is 1580. The summed E-state index contributed by atoms with van der Waals surface area (Å²) in [6, 6.07) is 10.9. The van der Waals surface area contributed by atoms with Crippen LogP contribution in [-0.2, 0) is 27.8 Å². The highest BCUT2D eigenvalue weighted by atomic mass is 35.5. The molecule has 11 heteroatoms. The highest BCUT2D eigenvalue weighted by molar-refractivity contribution is 7.90. The SMILES string of the molecule is C[C@H](C(=O)N(C)C)[C@]1(O)CCC[C@H](C)[C@@H](C)S(=O)(=O)NC(=O)c2ccc3c(c2)N(CCCCc2cc(Cl)ccc2CO3)C[C@@H]2CC[C@H]21. The zero-order valence-electron chi connectivity index (χ0n) is 28.3. The van der Waals surface area contributed by atoms with Gasteiger partial charge in [-0.1, -0.05) is 37.9 Å². The molecule has 0 unspecified atom stereocenters. The number of halogens is 1. The normalized spacial score (nSPS) is 29.0. The number of hydrogen-bond acceptors (Lipinski definition) is 7. The fourth-order valence-corrected chi connectivity index (χ4v) is 9.17. The van der Waals surface area contributed by atoms with Crippen molar-refractivity contribution in [2.45, 2.75) is 89.6 Å². The van der Waals surface area contributed by atoms with Crippen LogP contribution >= 0.6 is 11.6 Å². The van der Waals surface area contributed by atoms with Gasteiger partial charge in [0.2, 0.25) is 15.9 Å². The zero-order chi connectivity index (χ0) is 34.1. The van der Waals surface area contributed by atoms with Gasteiger partial charge in [0.25, 0.3) is 5.91 Å². The van der Waals surface area contributed by atoms with Gasteiger partial charge in [0.05, 0.1) is 22.5 Å². The Hall–Kier alpha value is -2.82. The van der Waals surface area contributed by atoms with Crippen LogP contribution in [-0.4, -0.2) is 68.3 Å². The van der Waals surface area contributed by atoms with Gasteiger partial charge >= 0.3 is 0 Å².